The van der Waals surface area contributed by atoms with Gasteiger partial charge in [0.2, 0.25) is 0 Å². The van der Waals surface area contributed by atoms with E-state index in [9.17, 15) is 23.9 Å². The number of esters is 2. The van der Waals surface area contributed by atoms with Gasteiger partial charge < -0.3 is 19.3 Å². The van der Waals surface area contributed by atoms with Gasteiger partial charge in [-0.15, -0.1) is 0 Å². The van der Waals surface area contributed by atoms with Crippen LogP contribution in [0.4, 0.5) is 0 Å². The standard InChI is InChI=1S/C29H57O7P/c1-3-5-7-9-11-13-15-17-19-21-23-35-28(30)25-27(26-37(32,33)34)29(31)36-24-22-20-18-16-14-12-10-8-6-4-2/h27H,3-26H2,1-2H3,(H2,32,33,34). The van der Waals surface area contributed by atoms with E-state index in [0.717, 1.165) is 32.1 Å². The van der Waals surface area contributed by atoms with Gasteiger partial charge in [-0.25, -0.2) is 0 Å². The van der Waals surface area contributed by atoms with Gasteiger partial charge in [-0.1, -0.05) is 129 Å². The van der Waals surface area contributed by atoms with E-state index < -0.39 is 31.6 Å². The Kier molecular flexibility index (Phi) is 24.7. The van der Waals surface area contributed by atoms with Crippen molar-refractivity contribution in [2.75, 3.05) is 19.4 Å². The molecule has 0 saturated carbocycles. The Morgan fingerprint density at radius 3 is 1.32 bits per heavy atom. The second-order valence-corrected chi connectivity index (χ2v) is 12.2. The Morgan fingerprint density at radius 2 is 0.946 bits per heavy atom. The summed E-state index contributed by atoms with van der Waals surface area (Å²) >= 11 is 0. The first kappa shape index (κ1) is 36.1. The van der Waals surface area contributed by atoms with E-state index in [4.69, 9.17) is 9.47 Å². The molecule has 1 atom stereocenters. The summed E-state index contributed by atoms with van der Waals surface area (Å²) < 4.78 is 21.9. The Bertz CT molecular complexity index is 591. The van der Waals surface area contributed by atoms with Crippen molar-refractivity contribution < 1.29 is 33.4 Å². The van der Waals surface area contributed by atoms with Gasteiger partial charge in [0, 0.05) is 0 Å². The van der Waals surface area contributed by atoms with Crippen LogP contribution in [0.2, 0.25) is 0 Å². The molecule has 0 aliphatic rings. The van der Waals surface area contributed by atoms with Gasteiger partial charge in [-0.05, 0) is 12.8 Å². The highest BCUT2D eigenvalue weighted by molar-refractivity contribution is 7.51. The number of ether oxygens (including phenoxy) is 2. The lowest BCUT2D eigenvalue weighted by atomic mass is 10.1. The molecule has 0 radical (unpaired) electrons. The van der Waals surface area contributed by atoms with Crippen molar-refractivity contribution in [3.8, 4) is 0 Å². The molecule has 0 aliphatic carbocycles. The zero-order valence-corrected chi connectivity index (χ0v) is 24.8. The van der Waals surface area contributed by atoms with Crippen LogP contribution in [-0.2, 0) is 23.6 Å². The molecule has 37 heavy (non-hydrogen) atoms. The van der Waals surface area contributed by atoms with Gasteiger partial charge >= 0.3 is 19.5 Å². The highest BCUT2D eigenvalue weighted by Crippen LogP contribution is 2.38. The Balaban J connectivity index is 4.00. The lowest BCUT2D eigenvalue weighted by Gasteiger charge is -2.16. The molecular weight excluding hydrogens is 491 g/mol. The Hall–Kier alpha value is -0.910. The van der Waals surface area contributed by atoms with Crippen LogP contribution >= 0.6 is 7.60 Å². The number of carbonyl (C=O) groups excluding carboxylic acids is 2. The van der Waals surface area contributed by atoms with E-state index in [0.29, 0.717) is 6.42 Å². The van der Waals surface area contributed by atoms with Crippen LogP contribution in [0.1, 0.15) is 149 Å². The summed E-state index contributed by atoms with van der Waals surface area (Å²) in [5.41, 5.74) is 0. The maximum atomic E-state index is 12.4. The quantitative estimate of drug-likeness (QED) is 0.0606. The average Bonchev–Trinajstić information content (AvgIpc) is 2.84. The van der Waals surface area contributed by atoms with E-state index >= 15 is 0 Å². The molecule has 0 fully saturated rings. The van der Waals surface area contributed by atoms with Crippen LogP contribution in [0.25, 0.3) is 0 Å². The molecule has 8 heteroatoms. The topological polar surface area (TPSA) is 110 Å². The van der Waals surface area contributed by atoms with Gasteiger partial charge in [0.15, 0.2) is 0 Å². The highest BCUT2D eigenvalue weighted by atomic mass is 31.2. The Labute approximate surface area is 227 Å². The lowest BCUT2D eigenvalue weighted by molar-refractivity contribution is -0.154. The van der Waals surface area contributed by atoms with E-state index in [1.165, 1.54) is 89.9 Å². The third-order valence-corrected chi connectivity index (χ3v) is 7.62. The van der Waals surface area contributed by atoms with Crippen molar-refractivity contribution in [2.24, 2.45) is 5.92 Å². The Morgan fingerprint density at radius 1 is 0.595 bits per heavy atom. The minimum absolute atomic E-state index is 0.209. The molecule has 0 bridgehead atoms. The maximum Gasteiger partial charge on any atom is 0.326 e. The van der Waals surface area contributed by atoms with Crippen LogP contribution in [0, 0.1) is 5.92 Å². The molecule has 0 rings (SSSR count). The summed E-state index contributed by atoms with van der Waals surface area (Å²) in [6.07, 6.45) is 22.3. The average molecular weight is 549 g/mol. The fourth-order valence-electron chi connectivity index (χ4n) is 4.43. The fraction of sp³-hybridized carbons (Fsp3) is 0.931. The molecule has 0 heterocycles. The molecule has 0 spiro atoms. The first-order valence-electron chi connectivity index (χ1n) is 15.2. The normalized spacial score (nSPS) is 12.4. The molecule has 0 aromatic heterocycles. The summed E-state index contributed by atoms with van der Waals surface area (Å²) in [6.45, 7) is 4.91. The van der Waals surface area contributed by atoms with E-state index in [2.05, 4.69) is 13.8 Å². The zero-order chi connectivity index (χ0) is 27.6. The number of unbranched alkanes of at least 4 members (excludes halogenated alkanes) is 18. The smallest absolute Gasteiger partial charge is 0.326 e. The second kappa shape index (κ2) is 25.4. The summed E-state index contributed by atoms with van der Waals surface area (Å²) in [5.74, 6) is -2.51. The molecule has 1 unspecified atom stereocenters. The van der Waals surface area contributed by atoms with Gasteiger partial charge in [-0.3, -0.25) is 14.2 Å². The summed E-state index contributed by atoms with van der Waals surface area (Å²) in [6, 6.07) is 0. The molecule has 0 amide bonds. The van der Waals surface area contributed by atoms with Crippen molar-refractivity contribution >= 4 is 19.5 Å². The molecule has 2 N–H and O–H groups in total. The van der Waals surface area contributed by atoms with E-state index in [1.807, 2.05) is 0 Å². The monoisotopic (exact) mass is 548 g/mol. The van der Waals surface area contributed by atoms with Crippen molar-refractivity contribution in [3.05, 3.63) is 0 Å². The number of hydrogen-bond acceptors (Lipinski definition) is 5. The second-order valence-electron chi connectivity index (χ2n) is 10.5. The fourth-order valence-corrected chi connectivity index (χ4v) is 5.28. The van der Waals surface area contributed by atoms with Crippen LogP contribution in [0.3, 0.4) is 0 Å². The molecule has 0 aromatic rings. The van der Waals surface area contributed by atoms with Crippen LogP contribution in [0.5, 0.6) is 0 Å². The number of hydrogen-bond donors (Lipinski definition) is 2. The highest BCUT2D eigenvalue weighted by Gasteiger charge is 2.31. The van der Waals surface area contributed by atoms with Gasteiger partial charge in [0.05, 0.1) is 31.7 Å². The number of rotatable bonds is 27. The SMILES string of the molecule is CCCCCCCCCCCCOC(=O)CC(CP(=O)(O)O)C(=O)OCCCCCCCCCCCC. The maximum absolute atomic E-state index is 12.4. The predicted molar refractivity (Wildman–Crippen MR) is 151 cm³/mol. The van der Waals surface area contributed by atoms with Crippen LogP contribution < -0.4 is 0 Å². The van der Waals surface area contributed by atoms with Crippen molar-refractivity contribution in [1.82, 2.24) is 0 Å². The van der Waals surface area contributed by atoms with Crippen LogP contribution in [-0.4, -0.2) is 41.1 Å². The largest absolute Gasteiger partial charge is 0.466 e. The van der Waals surface area contributed by atoms with Crippen molar-refractivity contribution in [3.63, 3.8) is 0 Å². The third kappa shape index (κ3) is 26.5. The molecule has 0 aromatic carbocycles. The first-order chi connectivity index (χ1) is 17.8. The molecule has 7 nitrogen and oxygen atoms in total. The minimum atomic E-state index is -4.47. The lowest BCUT2D eigenvalue weighted by Crippen LogP contribution is -2.25. The van der Waals surface area contributed by atoms with Gasteiger partial charge in [0.1, 0.15) is 0 Å². The van der Waals surface area contributed by atoms with Crippen LogP contribution in [0.15, 0.2) is 0 Å². The third-order valence-electron chi connectivity index (χ3n) is 6.71. The predicted octanol–water partition coefficient (Wildman–Crippen LogP) is 8.10. The molecule has 0 aliphatic heterocycles. The number of carbonyl (C=O) groups is 2. The van der Waals surface area contributed by atoms with Crippen molar-refractivity contribution in [2.45, 2.75) is 149 Å². The zero-order valence-electron chi connectivity index (χ0n) is 23.9. The van der Waals surface area contributed by atoms with Gasteiger partial charge in [-0.2, -0.15) is 0 Å². The van der Waals surface area contributed by atoms with E-state index in [-0.39, 0.29) is 19.6 Å². The van der Waals surface area contributed by atoms with Crippen molar-refractivity contribution in [1.29, 1.82) is 0 Å². The summed E-state index contributed by atoms with van der Waals surface area (Å²) in [7, 11) is -4.47. The summed E-state index contributed by atoms with van der Waals surface area (Å²) in [5, 5.41) is 0. The molecular formula is C29H57O7P. The molecule has 0 saturated heterocycles. The van der Waals surface area contributed by atoms with E-state index in [1.54, 1.807) is 0 Å². The molecule has 220 valence electrons. The summed E-state index contributed by atoms with van der Waals surface area (Å²) in [4.78, 5) is 43.3. The first-order valence-corrected chi connectivity index (χ1v) is 17.0. The minimum Gasteiger partial charge on any atom is -0.466 e. The van der Waals surface area contributed by atoms with Gasteiger partial charge in [0.25, 0.3) is 0 Å².